The number of nitro benzene ring substituents is 1. The van der Waals surface area contributed by atoms with Crippen molar-refractivity contribution in [3.63, 3.8) is 0 Å². The van der Waals surface area contributed by atoms with Crippen LogP contribution in [0, 0.1) is 15.9 Å². The van der Waals surface area contributed by atoms with Crippen molar-refractivity contribution in [3.8, 4) is 5.75 Å². The Hall–Kier alpha value is -3.45. The van der Waals surface area contributed by atoms with E-state index in [4.69, 9.17) is 4.74 Å². The van der Waals surface area contributed by atoms with E-state index in [1.54, 1.807) is 24.3 Å². The Labute approximate surface area is 174 Å². The van der Waals surface area contributed by atoms with Gasteiger partial charge in [0.1, 0.15) is 11.6 Å². The number of hydrogen-bond acceptors (Lipinski definition) is 5. The zero-order valence-corrected chi connectivity index (χ0v) is 16.5. The van der Waals surface area contributed by atoms with Crippen molar-refractivity contribution in [2.75, 3.05) is 11.9 Å². The molecule has 0 amide bonds. The summed E-state index contributed by atoms with van der Waals surface area (Å²) in [5.41, 5.74) is 2.21. The van der Waals surface area contributed by atoms with E-state index in [9.17, 15) is 19.6 Å². The molecule has 30 heavy (non-hydrogen) atoms. The molecule has 0 heterocycles. The van der Waals surface area contributed by atoms with Crippen molar-refractivity contribution in [1.29, 1.82) is 0 Å². The van der Waals surface area contributed by atoms with Crippen LogP contribution in [0.15, 0.2) is 72.8 Å². The smallest absolute Gasteiger partial charge is 0.269 e. The Morgan fingerprint density at radius 3 is 2.17 bits per heavy atom. The number of benzene rings is 3. The molecule has 7 heteroatoms. The molecular formula is C23H23FN2O4. The van der Waals surface area contributed by atoms with Crippen LogP contribution < -0.4 is 10.1 Å². The third kappa shape index (κ3) is 5.55. The van der Waals surface area contributed by atoms with E-state index in [1.807, 2.05) is 31.2 Å². The van der Waals surface area contributed by atoms with E-state index in [2.05, 4.69) is 5.32 Å². The van der Waals surface area contributed by atoms with E-state index in [0.29, 0.717) is 24.3 Å². The summed E-state index contributed by atoms with van der Waals surface area (Å²) in [5, 5.41) is 24.9. The molecular weight excluding hydrogens is 387 g/mol. The number of nitro groups is 1. The molecule has 0 aliphatic heterocycles. The number of ether oxygens (including phenoxy) is 1. The van der Waals surface area contributed by atoms with Crippen LogP contribution in [-0.4, -0.2) is 16.6 Å². The summed E-state index contributed by atoms with van der Waals surface area (Å²) in [4.78, 5) is 10.4. The predicted octanol–water partition coefficient (Wildman–Crippen LogP) is 5.41. The standard InChI is InChI=1S/C23H23FN2O4/c1-2-30-21-13-5-16(6-14-21)22(15-23(27)17-3-7-18(24)8-4-17)25-19-9-11-20(12-10-19)26(28)29/h3-14,22-23,25,27H,2,15H2,1H3. The van der Waals surface area contributed by atoms with E-state index < -0.39 is 11.0 Å². The molecule has 0 bridgehead atoms. The molecule has 156 valence electrons. The lowest BCUT2D eigenvalue weighted by Crippen LogP contribution is -2.15. The summed E-state index contributed by atoms with van der Waals surface area (Å²) >= 11 is 0. The molecule has 2 atom stereocenters. The van der Waals surface area contributed by atoms with Gasteiger partial charge in [-0.25, -0.2) is 4.39 Å². The van der Waals surface area contributed by atoms with Crippen LogP contribution in [-0.2, 0) is 0 Å². The summed E-state index contributed by atoms with van der Waals surface area (Å²) < 4.78 is 18.7. The Morgan fingerprint density at radius 2 is 1.60 bits per heavy atom. The van der Waals surface area contributed by atoms with Crippen LogP contribution in [0.2, 0.25) is 0 Å². The molecule has 0 fully saturated rings. The molecule has 3 rings (SSSR count). The van der Waals surface area contributed by atoms with Crippen molar-refractivity contribution in [3.05, 3.63) is 99.9 Å². The first-order valence-corrected chi connectivity index (χ1v) is 9.63. The van der Waals surface area contributed by atoms with Gasteiger partial charge in [0.25, 0.3) is 5.69 Å². The summed E-state index contributed by atoms with van der Waals surface area (Å²) in [6, 6.07) is 19.1. The second-order valence-electron chi connectivity index (χ2n) is 6.81. The molecule has 0 aliphatic carbocycles. The fraction of sp³-hybridized carbons (Fsp3) is 0.217. The normalized spacial score (nSPS) is 12.8. The fourth-order valence-corrected chi connectivity index (χ4v) is 3.17. The van der Waals surface area contributed by atoms with E-state index in [-0.39, 0.29) is 17.5 Å². The van der Waals surface area contributed by atoms with Crippen LogP contribution in [0.1, 0.15) is 36.6 Å². The van der Waals surface area contributed by atoms with Gasteiger partial charge >= 0.3 is 0 Å². The zero-order chi connectivity index (χ0) is 21.5. The first kappa shape index (κ1) is 21.3. The van der Waals surface area contributed by atoms with E-state index in [0.717, 1.165) is 11.3 Å². The predicted molar refractivity (Wildman–Crippen MR) is 113 cm³/mol. The van der Waals surface area contributed by atoms with Gasteiger partial charge in [0.15, 0.2) is 0 Å². The molecule has 0 saturated carbocycles. The van der Waals surface area contributed by atoms with E-state index >= 15 is 0 Å². The molecule has 3 aromatic carbocycles. The fourth-order valence-electron chi connectivity index (χ4n) is 3.17. The van der Waals surface area contributed by atoms with Crippen LogP contribution >= 0.6 is 0 Å². The average Bonchev–Trinajstić information content (AvgIpc) is 2.75. The Kier molecular flexibility index (Phi) is 6.98. The molecule has 0 saturated heterocycles. The van der Waals surface area contributed by atoms with Crippen molar-refractivity contribution in [2.24, 2.45) is 0 Å². The lowest BCUT2D eigenvalue weighted by atomic mass is 9.96. The highest BCUT2D eigenvalue weighted by Gasteiger charge is 2.19. The maximum atomic E-state index is 13.2. The second-order valence-corrected chi connectivity index (χ2v) is 6.81. The quantitative estimate of drug-likeness (QED) is 0.364. The number of aliphatic hydroxyl groups excluding tert-OH is 1. The second kappa shape index (κ2) is 9.84. The third-order valence-corrected chi connectivity index (χ3v) is 4.73. The Bertz CT molecular complexity index is 960. The zero-order valence-electron chi connectivity index (χ0n) is 16.5. The van der Waals surface area contributed by atoms with Crippen molar-refractivity contribution in [2.45, 2.75) is 25.5 Å². The van der Waals surface area contributed by atoms with Crippen LogP contribution in [0.25, 0.3) is 0 Å². The largest absolute Gasteiger partial charge is 0.494 e. The van der Waals surface area contributed by atoms with Gasteiger partial charge in [0.2, 0.25) is 0 Å². The number of anilines is 1. The van der Waals surface area contributed by atoms with Gasteiger partial charge in [0.05, 0.1) is 23.7 Å². The number of hydrogen-bond donors (Lipinski definition) is 2. The number of nitrogens with zero attached hydrogens (tertiary/aromatic N) is 1. The highest BCUT2D eigenvalue weighted by Crippen LogP contribution is 2.31. The average molecular weight is 410 g/mol. The van der Waals surface area contributed by atoms with Crippen molar-refractivity contribution in [1.82, 2.24) is 0 Å². The number of aliphatic hydroxyl groups is 1. The summed E-state index contributed by atoms with van der Waals surface area (Å²) in [7, 11) is 0. The number of rotatable bonds is 9. The molecule has 2 N–H and O–H groups in total. The summed E-state index contributed by atoms with van der Waals surface area (Å²) in [5.74, 6) is 0.382. The highest BCUT2D eigenvalue weighted by atomic mass is 19.1. The lowest BCUT2D eigenvalue weighted by Gasteiger charge is -2.24. The molecule has 6 nitrogen and oxygen atoms in total. The lowest BCUT2D eigenvalue weighted by molar-refractivity contribution is -0.384. The number of non-ortho nitro benzene ring substituents is 1. The van der Waals surface area contributed by atoms with Gasteiger partial charge in [-0.3, -0.25) is 10.1 Å². The van der Waals surface area contributed by atoms with Gasteiger partial charge in [-0.15, -0.1) is 0 Å². The topological polar surface area (TPSA) is 84.6 Å². The minimum Gasteiger partial charge on any atom is -0.494 e. The van der Waals surface area contributed by atoms with E-state index in [1.165, 1.54) is 24.3 Å². The van der Waals surface area contributed by atoms with Crippen molar-refractivity contribution >= 4 is 11.4 Å². The van der Waals surface area contributed by atoms with Crippen LogP contribution in [0.3, 0.4) is 0 Å². The van der Waals surface area contributed by atoms with Gasteiger partial charge in [-0.2, -0.15) is 0 Å². The molecule has 0 radical (unpaired) electrons. The summed E-state index contributed by atoms with van der Waals surface area (Å²) in [6.45, 7) is 2.47. The SMILES string of the molecule is CCOc1ccc(C(CC(O)c2ccc(F)cc2)Nc2ccc([N+](=O)[O-])cc2)cc1. The summed E-state index contributed by atoms with van der Waals surface area (Å²) in [6.07, 6.45) is -0.510. The minimum atomic E-state index is -0.826. The molecule has 3 aromatic rings. The Balaban J connectivity index is 1.83. The first-order valence-electron chi connectivity index (χ1n) is 9.63. The van der Waals surface area contributed by atoms with Gasteiger partial charge < -0.3 is 15.2 Å². The Morgan fingerprint density at radius 1 is 1.00 bits per heavy atom. The van der Waals surface area contributed by atoms with Gasteiger partial charge in [-0.05, 0) is 54.4 Å². The number of nitrogens with one attached hydrogen (secondary N) is 1. The maximum Gasteiger partial charge on any atom is 0.269 e. The number of halogens is 1. The molecule has 0 aliphatic rings. The van der Waals surface area contributed by atoms with Crippen LogP contribution in [0.5, 0.6) is 5.75 Å². The van der Waals surface area contributed by atoms with Crippen LogP contribution in [0.4, 0.5) is 15.8 Å². The third-order valence-electron chi connectivity index (χ3n) is 4.73. The molecule has 0 spiro atoms. The minimum absolute atomic E-state index is 0.00418. The van der Waals surface area contributed by atoms with Gasteiger partial charge in [0, 0.05) is 24.2 Å². The van der Waals surface area contributed by atoms with Gasteiger partial charge in [-0.1, -0.05) is 24.3 Å². The van der Waals surface area contributed by atoms with Crippen molar-refractivity contribution < 1.29 is 19.2 Å². The molecule has 2 unspecified atom stereocenters. The highest BCUT2D eigenvalue weighted by molar-refractivity contribution is 5.50. The first-order chi connectivity index (χ1) is 14.5. The molecule has 0 aromatic heterocycles. The maximum absolute atomic E-state index is 13.2. The monoisotopic (exact) mass is 410 g/mol.